The third-order valence-corrected chi connectivity index (χ3v) is 6.82. The molecular weight excluding hydrogens is 440 g/mol. The van der Waals surface area contributed by atoms with E-state index >= 15 is 0 Å². The van der Waals surface area contributed by atoms with E-state index in [1.807, 2.05) is 0 Å². The van der Waals surface area contributed by atoms with Gasteiger partial charge in [0.25, 0.3) is 11.8 Å². The zero-order valence-electron chi connectivity index (χ0n) is 17.9. The van der Waals surface area contributed by atoms with E-state index in [9.17, 15) is 24.0 Å². The number of methoxy groups -OCH3 is 1. The highest BCUT2D eigenvalue weighted by Gasteiger charge is 2.51. The number of nitrogens with zero attached hydrogens (tertiary/aromatic N) is 1. The molecule has 3 rings (SSSR count). The maximum absolute atomic E-state index is 12.9. The number of anilines is 1. The molecule has 0 atom stereocenters. The molecule has 4 N–H and O–H groups in total. The average molecular weight is 467 g/mol. The summed E-state index contributed by atoms with van der Waals surface area (Å²) in [6.45, 7) is 1.15. The summed E-state index contributed by atoms with van der Waals surface area (Å²) in [6, 6.07) is -0.619. The normalized spacial score (nSPS) is 17.4. The number of amides is 5. The Hall–Kier alpha value is -2.99. The number of esters is 1. The Labute approximate surface area is 188 Å². The van der Waals surface area contributed by atoms with Crippen LogP contribution < -0.4 is 16.4 Å². The van der Waals surface area contributed by atoms with Crippen LogP contribution in [-0.2, 0) is 19.1 Å². The molecule has 2 fully saturated rings. The zero-order chi connectivity index (χ0) is 23.5. The lowest BCUT2D eigenvalue weighted by atomic mass is 9.82. The lowest BCUT2D eigenvalue weighted by Gasteiger charge is -2.30. The van der Waals surface area contributed by atoms with Crippen LogP contribution in [0.3, 0.4) is 0 Å². The van der Waals surface area contributed by atoms with Crippen molar-refractivity contribution in [3.63, 3.8) is 0 Å². The van der Waals surface area contributed by atoms with Gasteiger partial charge in [-0.1, -0.05) is 19.3 Å². The van der Waals surface area contributed by atoms with Gasteiger partial charge in [0.1, 0.15) is 23.7 Å². The number of imide groups is 1. The molecule has 1 saturated carbocycles. The number of thiophene rings is 1. The standard InChI is InChI=1S/C20H26N4O7S/c1-11-13(17(27)31-9-8-30-2)16(32-14(11)15(21)26)22-12(25)10-24-18(28)20(23-19(24)29)6-4-3-5-7-20/h3-10H2,1-2H3,(H2,21,26)(H,22,25)(H,23,29). The third-order valence-electron chi connectivity index (χ3n) is 5.60. The van der Waals surface area contributed by atoms with Crippen molar-refractivity contribution in [2.24, 2.45) is 5.73 Å². The average Bonchev–Trinajstić information content (AvgIpc) is 3.18. The fourth-order valence-corrected chi connectivity index (χ4v) is 5.06. The van der Waals surface area contributed by atoms with Crippen LogP contribution in [-0.4, -0.2) is 67.0 Å². The topological polar surface area (TPSA) is 157 Å². The highest BCUT2D eigenvalue weighted by molar-refractivity contribution is 7.18. The molecule has 2 heterocycles. The van der Waals surface area contributed by atoms with E-state index in [1.165, 1.54) is 14.0 Å². The molecule has 0 radical (unpaired) electrons. The first-order valence-corrected chi connectivity index (χ1v) is 11.0. The van der Waals surface area contributed by atoms with Crippen LogP contribution in [0.4, 0.5) is 9.80 Å². The molecule has 1 aliphatic heterocycles. The summed E-state index contributed by atoms with van der Waals surface area (Å²) in [6.07, 6.45) is 3.73. The number of urea groups is 1. The van der Waals surface area contributed by atoms with Gasteiger partial charge in [0.15, 0.2) is 0 Å². The highest BCUT2D eigenvalue weighted by atomic mass is 32.1. The summed E-state index contributed by atoms with van der Waals surface area (Å²) >= 11 is 0.829. The van der Waals surface area contributed by atoms with E-state index in [4.69, 9.17) is 15.2 Å². The van der Waals surface area contributed by atoms with Crippen molar-refractivity contribution in [3.8, 4) is 0 Å². The monoisotopic (exact) mass is 466 g/mol. The predicted octanol–water partition coefficient (Wildman–Crippen LogP) is 1.15. The SMILES string of the molecule is COCCOC(=O)c1c(NC(=O)CN2C(=O)NC3(CCCCC3)C2=O)sc(C(N)=O)c1C. The number of nitrogens with two attached hydrogens (primary N) is 1. The molecule has 11 nitrogen and oxygen atoms in total. The molecular formula is C20H26N4O7S. The minimum atomic E-state index is -0.940. The molecule has 0 aromatic carbocycles. The second-order valence-corrected chi connectivity index (χ2v) is 8.79. The summed E-state index contributed by atoms with van der Waals surface area (Å²) in [4.78, 5) is 63.2. The van der Waals surface area contributed by atoms with Crippen LogP contribution in [0.1, 0.15) is 57.7 Å². The molecule has 0 bridgehead atoms. The Kier molecular flexibility index (Phi) is 7.14. The number of carbonyl (C=O) groups excluding carboxylic acids is 5. The molecule has 1 saturated heterocycles. The van der Waals surface area contributed by atoms with Gasteiger partial charge in [-0.25, -0.2) is 9.59 Å². The van der Waals surface area contributed by atoms with Crippen LogP contribution in [0.25, 0.3) is 0 Å². The molecule has 32 heavy (non-hydrogen) atoms. The molecule has 5 amide bonds. The quantitative estimate of drug-likeness (QED) is 0.295. The molecule has 174 valence electrons. The lowest BCUT2D eigenvalue weighted by molar-refractivity contribution is -0.134. The fourth-order valence-electron chi connectivity index (χ4n) is 4.00. The van der Waals surface area contributed by atoms with E-state index in [0.717, 1.165) is 35.5 Å². The van der Waals surface area contributed by atoms with Crippen molar-refractivity contribution in [3.05, 3.63) is 16.0 Å². The van der Waals surface area contributed by atoms with Gasteiger partial charge in [0.2, 0.25) is 5.91 Å². The predicted molar refractivity (Wildman–Crippen MR) is 114 cm³/mol. The first kappa shape index (κ1) is 23.7. The third kappa shape index (κ3) is 4.60. The number of hydrogen-bond donors (Lipinski definition) is 3. The molecule has 2 aliphatic rings. The zero-order valence-corrected chi connectivity index (χ0v) is 18.8. The Bertz CT molecular complexity index is 952. The van der Waals surface area contributed by atoms with Gasteiger partial charge in [-0.3, -0.25) is 19.3 Å². The highest BCUT2D eigenvalue weighted by Crippen LogP contribution is 2.35. The number of ether oxygens (including phenoxy) is 2. The molecule has 12 heteroatoms. The van der Waals surface area contributed by atoms with Crippen molar-refractivity contribution >= 4 is 46.1 Å². The van der Waals surface area contributed by atoms with Crippen LogP contribution in [0.2, 0.25) is 0 Å². The Balaban J connectivity index is 1.76. The number of primary amides is 1. The van der Waals surface area contributed by atoms with Gasteiger partial charge < -0.3 is 25.8 Å². The van der Waals surface area contributed by atoms with Crippen LogP contribution in [0.5, 0.6) is 0 Å². The molecule has 1 spiro atoms. The van der Waals surface area contributed by atoms with Crippen molar-refractivity contribution in [1.29, 1.82) is 0 Å². The van der Waals surface area contributed by atoms with Crippen molar-refractivity contribution in [2.75, 3.05) is 32.2 Å². The Morgan fingerprint density at radius 1 is 1.19 bits per heavy atom. The maximum atomic E-state index is 12.9. The minimum absolute atomic E-state index is 0.00537. The van der Waals surface area contributed by atoms with Crippen LogP contribution in [0, 0.1) is 6.92 Å². The van der Waals surface area contributed by atoms with Gasteiger partial charge in [-0.2, -0.15) is 0 Å². The summed E-state index contributed by atoms with van der Waals surface area (Å²) < 4.78 is 9.96. The van der Waals surface area contributed by atoms with Crippen molar-refractivity contribution in [1.82, 2.24) is 10.2 Å². The van der Waals surface area contributed by atoms with E-state index < -0.39 is 41.8 Å². The van der Waals surface area contributed by atoms with Gasteiger partial charge in [-0.15, -0.1) is 11.3 Å². The van der Waals surface area contributed by atoms with Gasteiger partial charge in [-0.05, 0) is 25.3 Å². The van der Waals surface area contributed by atoms with Crippen molar-refractivity contribution in [2.45, 2.75) is 44.6 Å². The van der Waals surface area contributed by atoms with E-state index in [2.05, 4.69) is 10.6 Å². The van der Waals surface area contributed by atoms with Crippen molar-refractivity contribution < 1.29 is 33.4 Å². The maximum Gasteiger partial charge on any atom is 0.341 e. The van der Waals surface area contributed by atoms with E-state index in [0.29, 0.717) is 12.8 Å². The Morgan fingerprint density at radius 3 is 2.50 bits per heavy atom. The van der Waals surface area contributed by atoms with Crippen LogP contribution >= 0.6 is 11.3 Å². The van der Waals surface area contributed by atoms with Gasteiger partial charge in [0, 0.05) is 7.11 Å². The first-order valence-electron chi connectivity index (χ1n) is 10.2. The molecule has 1 aromatic rings. The molecule has 1 aromatic heterocycles. The number of rotatable bonds is 8. The smallest absolute Gasteiger partial charge is 0.341 e. The lowest BCUT2D eigenvalue weighted by Crippen LogP contribution is -2.48. The second-order valence-electron chi connectivity index (χ2n) is 7.77. The summed E-state index contributed by atoms with van der Waals surface area (Å²) in [5.41, 5.74) is 4.71. The Morgan fingerprint density at radius 2 is 1.88 bits per heavy atom. The number of hydrogen-bond acceptors (Lipinski definition) is 8. The summed E-state index contributed by atoms with van der Waals surface area (Å²) in [5.74, 6) is -2.62. The van der Waals surface area contributed by atoms with E-state index in [-0.39, 0.29) is 34.2 Å². The van der Waals surface area contributed by atoms with Crippen LogP contribution in [0.15, 0.2) is 0 Å². The fraction of sp³-hybridized carbons (Fsp3) is 0.550. The largest absolute Gasteiger partial charge is 0.460 e. The molecule has 1 aliphatic carbocycles. The minimum Gasteiger partial charge on any atom is -0.460 e. The summed E-state index contributed by atoms with van der Waals surface area (Å²) in [5, 5.41) is 5.32. The molecule has 0 unspecified atom stereocenters. The number of nitrogens with one attached hydrogen (secondary N) is 2. The van der Waals surface area contributed by atoms with Gasteiger partial charge in [0.05, 0.1) is 17.0 Å². The second kappa shape index (κ2) is 9.65. The van der Waals surface area contributed by atoms with E-state index in [1.54, 1.807) is 0 Å². The van der Waals surface area contributed by atoms with Gasteiger partial charge >= 0.3 is 12.0 Å². The first-order chi connectivity index (χ1) is 15.2. The number of carbonyl (C=O) groups is 5. The summed E-state index contributed by atoms with van der Waals surface area (Å²) in [7, 11) is 1.45.